The van der Waals surface area contributed by atoms with Crippen LogP contribution in [0.15, 0.2) is 76.0 Å². The van der Waals surface area contributed by atoms with Gasteiger partial charge in [0.1, 0.15) is 11.5 Å². The Morgan fingerprint density at radius 1 is 1.00 bits per heavy atom. The standard InChI is InChI=1S/C30H27F3N2O6S/c1-19-26(34-29(41-19)21-5-3-2-4-6-21)15-16-40-27-13-7-20(8-14-28(36)37)24-17-35(18-25(24)27)42(38,39)23-11-9-22(10-12-23)30(31,32)33/h2-7,9-13H,8,14-18H2,1H3,(H,36,37). The van der Waals surface area contributed by atoms with Crippen LogP contribution >= 0.6 is 0 Å². The molecule has 1 aliphatic heterocycles. The third-order valence-corrected chi connectivity index (χ3v) is 8.90. The van der Waals surface area contributed by atoms with Gasteiger partial charge in [-0.05, 0) is 66.9 Å². The van der Waals surface area contributed by atoms with E-state index in [-0.39, 0.29) is 37.4 Å². The molecule has 8 nitrogen and oxygen atoms in total. The molecular weight excluding hydrogens is 573 g/mol. The van der Waals surface area contributed by atoms with Crippen molar-refractivity contribution in [1.29, 1.82) is 0 Å². The summed E-state index contributed by atoms with van der Waals surface area (Å²) < 4.78 is 78.8. The van der Waals surface area contributed by atoms with Crippen LogP contribution in [0, 0.1) is 6.92 Å². The van der Waals surface area contributed by atoms with Gasteiger partial charge in [-0.15, -0.1) is 0 Å². The second-order valence-electron chi connectivity index (χ2n) is 9.86. The van der Waals surface area contributed by atoms with E-state index in [0.717, 1.165) is 39.8 Å². The number of aliphatic carboxylic acids is 1. The fourth-order valence-electron chi connectivity index (χ4n) is 4.87. The van der Waals surface area contributed by atoms with E-state index in [0.29, 0.717) is 40.5 Å². The molecular formula is C30H27F3N2O6S. The molecule has 0 aliphatic carbocycles. The van der Waals surface area contributed by atoms with Crippen molar-refractivity contribution < 1.29 is 40.6 Å². The van der Waals surface area contributed by atoms with Crippen molar-refractivity contribution in [3.63, 3.8) is 0 Å². The summed E-state index contributed by atoms with van der Waals surface area (Å²) in [6.07, 6.45) is -4.13. The van der Waals surface area contributed by atoms with Crippen molar-refractivity contribution in [2.24, 2.45) is 0 Å². The number of fused-ring (bicyclic) bond motifs is 1. The number of sulfonamides is 1. The second-order valence-corrected chi connectivity index (χ2v) is 11.8. The number of carboxylic acids is 1. The highest BCUT2D eigenvalue weighted by Crippen LogP contribution is 2.38. The van der Waals surface area contributed by atoms with Gasteiger partial charge in [-0.25, -0.2) is 13.4 Å². The summed E-state index contributed by atoms with van der Waals surface area (Å²) in [5.41, 5.74) is 2.51. The van der Waals surface area contributed by atoms with Gasteiger partial charge in [-0.1, -0.05) is 24.3 Å². The van der Waals surface area contributed by atoms with Crippen LogP contribution in [0.1, 0.15) is 40.1 Å². The topological polar surface area (TPSA) is 110 Å². The Bertz CT molecular complexity index is 1700. The summed E-state index contributed by atoms with van der Waals surface area (Å²) in [6, 6.07) is 16.2. The molecule has 1 aliphatic rings. The van der Waals surface area contributed by atoms with Crippen molar-refractivity contribution >= 4 is 16.0 Å². The molecule has 1 N–H and O–H groups in total. The third kappa shape index (κ3) is 6.19. The molecule has 0 unspecified atom stereocenters. The monoisotopic (exact) mass is 600 g/mol. The Balaban J connectivity index is 1.36. The van der Waals surface area contributed by atoms with E-state index >= 15 is 0 Å². The predicted octanol–water partition coefficient (Wildman–Crippen LogP) is 6.01. The van der Waals surface area contributed by atoms with Gasteiger partial charge in [-0.2, -0.15) is 17.5 Å². The zero-order valence-corrected chi connectivity index (χ0v) is 23.3. The molecule has 1 aromatic heterocycles. The number of rotatable bonds is 10. The van der Waals surface area contributed by atoms with Crippen molar-refractivity contribution in [2.45, 2.75) is 50.3 Å². The molecule has 0 radical (unpaired) electrons. The zero-order chi connectivity index (χ0) is 30.1. The van der Waals surface area contributed by atoms with Crippen LogP contribution in [0.25, 0.3) is 11.5 Å². The number of hydrogen-bond acceptors (Lipinski definition) is 6. The van der Waals surface area contributed by atoms with Gasteiger partial charge in [0.15, 0.2) is 0 Å². The maximum atomic E-state index is 13.4. The highest BCUT2D eigenvalue weighted by Gasteiger charge is 2.35. The molecule has 0 saturated heterocycles. The number of benzene rings is 3. The molecule has 0 saturated carbocycles. The van der Waals surface area contributed by atoms with Crippen LogP contribution < -0.4 is 4.74 Å². The van der Waals surface area contributed by atoms with E-state index in [1.807, 2.05) is 37.3 Å². The summed E-state index contributed by atoms with van der Waals surface area (Å²) in [5, 5.41) is 9.18. The van der Waals surface area contributed by atoms with Crippen LogP contribution in [0.3, 0.4) is 0 Å². The molecule has 2 heterocycles. The lowest BCUT2D eigenvalue weighted by molar-refractivity contribution is -0.138. The first kappa shape index (κ1) is 29.3. The lowest BCUT2D eigenvalue weighted by Gasteiger charge is -2.16. The number of carboxylic acid groups (broad SMARTS) is 1. The predicted molar refractivity (Wildman–Crippen MR) is 146 cm³/mol. The zero-order valence-electron chi connectivity index (χ0n) is 22.5. The van der Waals surface area contributed by atoms with Crippen LogP contribution in [-0.2, 0) is 46.9 Å². The maximum Gasteiger partial charge on any atom is 0.416 e. The highest BCUT2D eigenvalue weighted by molar-refractivity contribution is 7.89. The minimum absolute atomic E-state index is 0.0618. The SMILES string of the molecule is Cc1oc(-c2ccccc2)nc1CCOc1ccc(CCC(=O)O)c2c1CN(S(=O)(=O)c1ccc(C(F)(F)F)cc1)C2. The second kappa shape index (κ2) is 11.6. The van der Waals surface area contributed by atoms with Crippen LogP contribution in [0.5, 0.6) is 5.75 Å². The Hall–Kier alpha value is -4.16. The molecule has 4 aromatic rings. The summed E-state index contributed by atoms with van der Waals surface area (Å²) in [4.78, 5) is 15.5. The van der Waals surface area contributed by atoms with Gasteiger partial charge in [0.2, 0.25) is 15.9 Å². The highest BCUT2D eigenvalue weighted by atomic mass is 32.2. The van der Waals surface area contributed by atoms with Gasteiger partial charge in [0.05, 0.1) is 22.8 Å². The average molecular weight is 601 g/mol. The van der Waals surface area contributed by atoms with E-state index in [1.165, 1.54) is 0 Å². The van der Waals surface area contributed by atoms with E-state index in [1.54, 1.807) is 12.1 Å². The van der Waals surface area contributed by atoms with Crippen LogP contribution in [-0.4, -0.2) is 35.4 Å². The van der Waals surface area contributed by atoms with E-state index in [9.17, 15) is 31.5 Å². The fourth-order valence-corrected chi connectivity index (χ4v) is 6.24. The lowest BCUT2D eigenvalue weighted by atomic mass is 9.99. The minimum atomic E-state index is -4.59. The molecule has 0 fully saturated rings. The van der Waals surface area contributed by atoms with Crippen molar-refractivity contribution in [1.82, 2.24) is 9.29 Å². The number of halogens is 3. The van der Waals surface area contributed by atoms with E-state index < -0.39 is 27.7 Å². The Labute approximate surface area is 240 Å². The summed E-state index contributed by atoms with van der Waals surface area (Å²) in [7, 11) is -4.15. The maximum absolute atomic E-state index is 13.4. The Kier molecular flexibility index (Phi) is 8.11. The molecule has 0 bridgehead atoms. The molecule has 3 aromatic carbocycles. The van der Waals surface area contributed by atoms with Gasteiger partial charge in [0.25, 0.3) is 0 Å². The Morgan fingerprint density at radius 3 is 2.36 bits per heavy atom. The number of nitrogens with zero attached hydrogens (tertiary/aromatic N) is 2. The molecule has 220 valence electrons. The fraction of sp³-hybridized carbons (Fsp3) is 0.267. The number of hydrogen-bond donors (Lipinski definition) is 1. The van der Waals surface area contributed by atoms with Gasteiger partial charge in [-0.3, -0.25) is 4.79 Å². The molecule has 0 spiro atoms. The first-order valence-corrected chi connectivity index (χ1v) is 14.5. The number of carbonyl (C=O) groups is 1. The molecule has 42 heavy (non-hydrogen) atoms. The van der Waals surface area contributed by atoms with Gasteiger partial charge in [0, 0.05) is 37.1 Å². The smallest absolute Gasteiger partial charge is 0.416 e. The Morgan fingerprint density at radius 2 is 1.69 bits per heavy atom. The summed E-state index contributed by atoms with van der Waals surface area (Å²) in [6.45, 7) is 1.89. The first-order valence-electron chi connectivity index (χ1n) is 13.1. The minimum Gasteiger partial charge on any atom is -0.493 e. The number of alkyl halides is 3. The molecule has 12 heteroatoms. The van der Waals surface area contributed by atoms with Crippen LogP contribution in [0.4, 0.5) is 13.2 Å². The number of aryl methyl sites for hydroxylation is 2. The van der Waals surface area contributed by atoms with Crippen LogP contribution in [0.2, 0.25) is 0 Å². The number of ether oxygens (including phenoxy) is 1. The molecule has 0 amide bonds. The van der Waals surface area contributed by atoms with Crippen molar-refractivity contribution in [3.05, 3.63) is 100 Å². The van der Waals surface area contributed by atoms with Gasteiger partial charge < -0.3 is 14.3 Å². The van der Waals surface area contributed by atoms with E-state index in [2.05, 4.69) is 4.98 Å². The van der Waals surface area contributed by atoms with Crippen molar-refractivity contribution in [3.8, 4) is 17.2 Å². The van der Waals surface area contributed by atoms with Crippen molar-refractivity contribution in [2.75, 3.05) is 6.61 Å². The first-order chi connectivity index (χ1) is 19.9. The normalized spacial score (nSPS) is 13.7. The largest absolute Gasteiger partial charge is 0.493 e. The number of aromatic nitrogens is 1. The third-order valence-electron chi connectivity index (χ3n) is 7.09. The number of oxazole rings is 1. The lowest BCUT2D eigenvalue weighted by Crippen LogP contribution is -2.26. The molecule has 0 atom stereocenters. The molecule has 5 rings (SSSR count). The van der Waals surface area contributed by atoms with Gasteiger partial charge >= 0.3 is 12.1 Å². The van der Waals surface area contributed by atoms with E-state index in [4.69, 9.17) is 9.15 Å². The summed E-state index contributed by atoms with van der Waals surface area (Å²) >= 11 is 0. The quantitative estimate of drug-likeness (QED) is 0.237. The average Bonchev–Trinajstić information content (AvgIpc) is 3.57. The summed E-state index contributed by atoms with van der Waals surface area (Å²) in [5.74, 6) is 0.601.